The van der Waals surface area contributed by atoms with Crippen molar-refractivity contribution in [1.82, 2.24) is 0 Å². The highest BCUT2D eigenvalue weighted by Crippen LogP contribution is 2.41. The summed E-state index contributed by atoms with van der Waals surface area (Å²) in [6.07, 6.45) is 0. The zero-order chi connectivity index (χ0) is 16.9. The maximum Gasteiger partial charge on any atom is 0.119 e. The van der Waals surface area contributed by atoms with Crippen LogP contribution in [0, 0.1) is 5.41 Å². The fourth-order valence-corrected chi connectivity index (χ4v) is 3.04. The van der Waals surface area contributed by atoms with E-state index in [0.29, 0.717) is 19.1 Å². The average molecular weight is 312 g/mol. The Morgan fingerprint density at radius 3 is 1.30 bits per heavy atom. The third-order valence-corrected chi connectivity index (χ3v) is 3.91. The highest BCUT2D eigenvalue weighted by Gasteiger charge is 2.27. The molecule has 0 aromatic heterocycles. The van der Waals surface area contributed by atoms with Crippen LogP contribution in [0.15, 0.2) is 48.5 Å². The fourth-order valence-electron chi connectivity index (χ4n) is 3.04. The molecule has 2 heteroatoms. The predicted octanol–water partition coefficient (Wildman–Crippen LogP) is 5.66. The van der Waals surface area contributed by atoms with Gasteiger partial charge in [0.2, 0.25) is 0 Å². The Labute approximate surface area is 140 Å². The fraction of sp³-hybridized carbons (Fsp3) is 0.429. The zero-order valence-electron chi connectivity index (χ0n) is 14.9. The first-order valence-electron chi connectivity index (χ1n) is 8.41. The summed E-state index contributed by atoms with van der Waals surface area (Å²) in [5.41, 5.74) is 2.75. The summed E-state index contributed by atoms with van der Waals surface area (Å²) in [5.74, 6) is 2.18. The molecule has 0 N–H and O–H groups in total. The zero-order valence-corrected chi connectivity index (χ0v) is 14.9. The van der Waals surface area contributed by atoms with Crippen molar-refractivity contribution >= 4 is 0 Å². The molecule has 0 aliphatic carbocycles. The minimum Gasteiger partial charge on any atom is -0.494 e. The molecule has 0 saturated carbocycles. The van der Waals surface area contributed by atoms with E-state index >= 15 is 0 Å². The van der Waals surface area contributed by atoms with Gasteiger partial charge in [-0.15, -0.1) is 0 Å². The van der Waals surface area contributed by atoms with Crippen LogP contribution < -0.4 is 9.47 Å². The summed E-state index contributed by atoms with van der Waals surface area (Å²) in [5, 5.41) is 0. The Morgan fingerprint density at radius 1 is 0.696 bits per heavy atom. The number of benzene rings is 2. The molecule has 0 heterocycles. The highest BCUT2D eigenvalue weighted by atomic mass is 16.5. The van der Waals surface area contributed by atoms with Crippen LogP contribution >= 0.6 is 0 Å². The molecule has 2 aromatic carbocycles. The van der Waals surface area contributed by atoms with Crippen molar-refractivity contribution < 1.29 is 9.47 Å². The lowest BCUT2D eigenvalue weighted by atomic mass is 9.72. The molecule has 2 aromatic rings. The van der Waals surface area contributed by atoms with Gasteiger partial charge in [0.25, 0.3) is 0 Å². The van der Waals surface area contributed by atoms with Crippen LogP contribution in [0.4, 0.5) is 0 Å². The Kier molecular flexibility index (Phi) is 5.70. The van der Waals surface area contributed by atoms with Crippen molar-refractivity contribution in [2.75, 3.05) is 13.2 Å². The summed E-state index contributed by atoms with van der Waals surface area (Å²) in [7, 11) is 0. The van der Waals surface area contributed by atoms with E-state index in [-0.39, 0.29) is 5.41 Å². The first kappa shape index (κ1) is 17.4. The van der Waals surface area contributed by atoms with Gasteiger partial charge < -0.3 is 9.47 Å². The second-order valence-electron chi connectivity index (χ2n) is 6.80. The van der Waals surface area contributed by atoms with Gasteiger partial charge in [0.05, 0.1) is 13.2 Å². The molecule has 0 amide bonds. The number of ether oxygens (including phenoxy) is 2. The van der Waals surface area contributed by atoms with E-state index < -0.39 is 0 Å². The summed E-state index contributed by atoms with van der Waals surface area (Å²) in [4.78, 5) is 0. The molecule has 124 valence electrons. The van der Waals surface area contributed by atoms with Crippen LogP contribution in [-0.4, -0.2) is 13.2 Å². The smallest absolute Gasteiger partial charge is 0.119 e. The molecule has 0 saturated heterocycles. The van der Waals surface area contributed by atoms with Gasteiger partial charge in [-0.05, 0) is 54.7 Å². The van der Waals surface area contributed by atoms with E-state index in [1.54, 1.807) is 0 Å². The Morgan fingerprint density at radius 2 is 1.04 bits per heavy atom. The summed E-state index contributed by atoms with van der Waals surface area (Å²) in [6.45, 7) is 12.2. The molecule has 0 fully saturated rings. The van der Waals surface area contributed by atoms with Crippen LogP contribution in [0.1, 0.15) is 51.7 Å². The van der Waals surface area contributed by atoms with E-state index in [0.717, 1.165) is 11.5 Å². The van der Waals surface area contributed by atoms with Crippen molar-refractivity contribution in [3.05, 3.63) is 59.7 Å². The molecule has 0 aliphatic heterocycles. The SMILES string of the molecule is CCOc1ccc(C(c2ccc(OCC)cc2)C(C)(C)C)cc1. The highest BCUT2D eigenvalue weighted by molar-refractivity contribution is 5.39. The molecule has 0 unspecified atom stereocenters. The van der Waals surface area contributed by atoms with E-state index in [4.69, 9.17) is 9.47 Å². The van der Waals surface area contributed by atoms with Gasteiger partial charge in [0.15, 0.2) is 0 Å². The first-order valence-corrected chi connectivity index (χ1v) is 8.41. The van der Waals surface area contributed by atoms with Crippen molar-refractivity contribution in [3.63, 3.8) is 0 Å². The summed E-state index contributed by atoms with van der Waals surface area (Å²) < 4.78 is 11.1. The molecule has 2 nitrogen and oxygen atoms in total. The summed E-state index contributed by atoms with van der Waals surface area (Å²) in [6, 6.07) is 17.0. The maximum atomic E-state index is 5.56. The summed E-state index contributed by atoms with van der Waals surface area (Å²) >= 11 is 0. The Balaban J connectivity index is 2.33. The molecule has 0 bridgehead atoms. The second-order valence-corrected chi connectivity index (χ2v) is 6.80. The van der Waals surface area contributed by atoms with Gasteiger partial charge in [0, 0.05) is 5.92 Å². The lowest BCUT2D eigenvalue weighted by Gasteiger charge is -2.32. The van der Waals surface area contributed by atoms with Gasteiger partial charge >= 0.3 is 0 Å². The lowest BCUT2D eigenvalue weighted by molar-refractivity contribution is 0.337. The molecule has 23 heavy (non-hydrogen) atoms. The van der Waals surface area contributed by atoms with Gasteiger partial charge in [-0.3, -0.25) is 0 Å². The van der Waals surface area contributed by atoms with Crippen molar-refractivity contribution in [3.8, 4) is 11.5 Å². The minimum absolute atomic E-state index is 0.125. The Bertz CT molecular complexity index is 542. The van der Waals surface area contributed by atoms with Gasteiger partial charge in [0.1, 0.15) is 11.5 Å². The molecule has 2 rings (SSSR count). The molecule has 0 aliphatic rings. The van der Waals surface area contributed by atoms with Crippen LogP contribution in [0.3, 0.4) is 0 Å². The minimum atomic E-state index is 0.125. The monoisotopic (exact) mass is 312 g/mol. The number of hydrogen-bond donors (Lipinski definition) is 0. The largest absolute Gasteiger partial charge is 0.494 e. The molecule has 0 radical (unpaired) electrons. The van der Waals surface area contributed by atoms with Crippen LogP contribution in [0.25, 0.3) is 0 Å². The van der Waals surface area contributed by atoms with E-state index in [1.165, 1.54) is 11.1 Å². The quantitative estimate of drug-likeness (QED) is 0.685. The average Bonchev–Trinajstić information content (AvgIpc) is 2.50. The molecular weight excluding hydrogens is 284 g/mol. The van der Waals surface area contributed by atoms with Gasteiger partial charge in [-0.2, -0.15) is 0 Å². The standard InChI is InChI=1S/C21H28O2/c1-6-22-18-12-8-16(9-13-18)20(21(3,4)5)17-10-14-19(15-11-17)23-7-2/h8-15,20H,6-7H2,1-5H3. The van der Waals surface area contributed by atoms with Crippen LogP contribution in [0.2, 0.25) is 0 Å². The maximum absolute atomic E-state index is 5.56. The van der Waals surface area contributed by atoms with E-state index in [1.807, 2.05) is 13.8 Å². The third-order valence-electron chi connectivity index (χ3n) is 3.91. The van der Waals surface area contributed by atoms with E-state index in [9.17, 15) is 0 Å². The normalized spacial score (nSPS) is 11.6. The van der Waals surface area contributed by atoms with Gasteiger partial charge in [-0.25, -0.2) is 0 Å². The third kappa shape index (κ3) is 4.51. The second kappa shape index (κ2) is 7.54. The lowest BCUT2D eigenvalue weighted by Crippen LogP contribution is -2.19. The van der Waals surface area contributed by atoms with Crippen molar-refractivity contribution in [2.24, 2.45) is 5.41 Å². The Hall–Kier alpha value is -1.96. The molecule has 0 spiro atoms. The first-order chi connectivity index (χ1) is 11.0. The van der Waals surface area contributed by atoms with Crippen molar-refractivity contribution in [2.45, 2.75) is 40.5 Å². The predicted molar refractivity (Wildman–Crippen MR) is 96.5 cm³/mol. The molecular formula is C21H28O2. The number of hydrogen-bond acceptors (Lipinski definition) is 2. The van der Waals surface area contributed by atoms with Gasteiger partial charge in [-0.1, -0.05) is 45.0 Å². The van der Waals surface area contributed by atoms with Crippen LogP contribution in [0.5, 0.6) is 11.5 Å². The van der Waals surface area contributed by atoms with Crippen LogP contribution in [-0.2, 0) is 0 Å². The molecule has 0 atom stereocenters. The van der Waals surface area contributed by atoms with E-state index in [2.05, 4.69) is 69.3 Å². The number of rotatable bonds is 6. The van der Waals surface area contributed by atoms with Crippen molar-refractivity contribution in [1.29, 1.82) is 0 Å². The topological polar surface area (TPSA) is 18.5 Å².